The Morgan fingerprint density at radius 1 is 1.22 bits per heavy atom. The summed E-state index contributed by atoms with van der Waals surface area (Å²) in [5.41, 5.74) is 0.555. The molecule has 0 atom stereocenters. The van der Waals surface area contributed by atoms with Crippen molar-refractivity contribution in [1.29, 1.82) is 0 Å². The first-order valence-electron chi connectivity index (χ1n) is 7.27. The van der Waals surface area contributed by atoms with E-state index in [9.17, 15) is 9.18 Å². The van der Waals surface area contributed by atoms with Crippen molar-refractivity contribution < 1.29 is 13.6 Å². The van der Waals surface area contributed by atoms with Gasteiger partial charge in [0.25, 0.3) is 0 Å². The summed E-state index contributed by atoms with van der Waals surface area (Å²) in [5.74, 6) is 1.26. The Kier molecular flexibility index (Phi) is 5.96. The molecule has 2 rings (SSSR count). The highest BCUT2D eigenvalue weighted by molar-refractivity contribution is 9.10. The van der Waals surface area contributed by atoms with Gasteiger partial charge in [0.05, 0.1) is 13.1 Å². The van der Waals surface area contributed by atoms with E-state index in [1.54, 1.807) is 36.0 Å². The lowest BCUT2D eigenvalue weighted by Gasteiger charge is -2.21. The summed E-state index contributed by atoms with van der Waals surface area (Å²) in [6.07, 6.45) is 0. The molecule has 0 bridgehead atoms. The van der Waals surface area contributed by atoms with Crippen LogP contribution in [0.15, 0.2) is 39.2 Å². The number of carbonyl (C=O) groups excluding carboxylic acids is 1. The van der Waals surface area contributed by atoms with E-state index in [0.29, 0.717) is 18.7 Å². The molecule has 124 valence electrons. The van der Waals surface area contributed by atoms with Crippen LogP contribution in [0.2, 0.25) is 0 Å². The molecule has 1 amide bonds. The number of benzene rings is 1. The van der Waals surface area contributed by atoms with Crippen LogP contribution < -0.4 is 0 Å². The van der Waals surface area contributed by atoms with Gasteiger partial charge in [-0.3, -0.25) is 9.69 Å². The van der Waals surface area contributed by atoms with Crippen molar-refractivity contribution in [2.24, 2.45) is 0 Å². The topological polar surface area (TPSA) is 36.7 Å². The number of likely N-dealkylation sites (N-methyl/N-ethyl adjacent to an activating group) is 2. The molecule has 2 aromatic rings. The average Bonchev–Trinajstić information content (AvgIpc) is 2.88. The van der Waals surface area contributed by atoms with E-state index in [1.807, 2.05) is 19.1 Å². The zero-order valence-electron chi connectivity index (χ0n) is 13.5. The average molecular weight is 383 g/mol. The van der Waals surface area contributed by atoms with Gasteiger partial charge in [-0.1, -0.05) is 15.9 Å². The second kappa shape index (κ2) is 7.75. The van der Waals surface area contributed by atoms with E-state index < -0.39 is 0 Å². The molecule has 0 radical (unpaired) electrons. The lowest BCUT2D eigenvalue weighted by molar-refractivity contribution is -0.131. The minimum Gasteiger partial charge on any atom is -0.464 e. The molecular weight excluding hydrogens is 363 g/mol. The first-order valence-corrected chi connectivity index (χ1v) is 8.06. The number of carbonyl (C=O) groups is 1. The van der Waals surface area contributed by atoms with Crippen molar-refractivity contribution in [2.75, 3.05) is 20.6 Å². The third-order valence-corrected chi connectivity index (χ3v) is 3.96. The van der Waals surface area contributed by atoms with Gasteiger partial charge in [0.15, 0.2) is 0 Å². The highest BCUT2D eigenvalue weighted by Gasteiger charge is 2.15. The number of halogens is 2. The van der Waals surface area contributed by atoms with Crippen molar-refractivity contribution in [3.63, 3.8) is 0 Å². The van der Waals surface area contributed by atoms with E-state index in [4.69, 9.17) is 4.42 Å². The van der Waals surface area contributed by atoms with Crippen LogP contribution in [0.25, 0.3) is 0 Å². The third-order valence-electron chi connectivity index (χ3n) is 3.47. The van der Waals surface area contributed by atoms with Crippen LogP contribution in [0.5, 0.6) is 0 Å². The van der Waals surface area contributed by atoms with Crippen LogP contribution in [0.3, 0.4) is 0 Å². The van der Waals surface area contributed by atoms with Gasteiger partial charge in [-0.2, -0.15) is 0 Å². The number of nitrogens with zero attached hydrogens (tertiary/aromatic N) is 2. The maximum absolute atomic E-state index is 13.8. The molecule has 23 heavy (non-hydrogen) atoms. The van der Waals surface area contributed by atoms with Gasteiger partial charge >= 0.3 is 0 Å². The Labute approximate surface area is 144 Å². The molecule has 0 fully saturated rings. The lowest BCUT2D eigenvalue weighted by Crippen LogP contribution is -2.36. The number of hydrogen-bond donors (Lipinski definition) is 0. The SMILES string of the molecule is Cc1ccc(CN(C)C(=O)CN(C)Cc2cc(Br)ccc2F)o1. The molecule has 4 nitrogen and oxygen atoms in total. The highest BCUT2D eigenvalue weighted by Crippen LogP contribution is 2.17. The van der Waals surface area contributed by atoms with E-state index in [2.05, 4.69) is 15.9 Å². The van der Waals surface area contributed by atoms with Crippen LogP contribution >= 0.6 is 15.9 Å². The number of hydrogen-bond acceptors (Lipinski definition) is 3. The quantitative estimate of drug-likeness (QED) is 0.765. The van der Waals surface area contributed by atoms with Crippen molar-refractivity contribution in [3.05, 3.63) is 57.7 Å². The summed E-state index contributed by atoms with van der Waals surface area (Å²) >= 11 is 3.33. The maximum atomic E-state index is 13.8. The molecule has 0 N–H and O–H groups in total. The fourth-order valence-electron chi connectivity index (χ4n) is 2.25. The largest absolute Gasteiger partial charge is 0.464 e. The number of amides is 1. The predicted octanol–water partition coefficient (Wildman–Crippen LogP) is 3.58. The van der Waals surface area contributed by atoms with Gasteiger partial charge in [0, 0.05) is 23.6 Å². The Morgan fingerprint density at radius 2 is 1.96 bits per heavy atom. The molecule has 0 saturated carbocycles. The molecule has 0 unspecified atom stereocenters. The third kappa shape index (κ3) is 5.18. The molecule has 0 aliphatic rings. The van der Waals surface area contributed by atoms with Gasteiger partial charge < -0.3 is 9.32 Å². The molecule has 0 aliphatic carbocycles. The van der Waals surface area contributed by atoms with Crippen LogP contribution in [0, 0.1) is 12.7 Å². The molecule has 0 saturated heterocycles. The van der Waals surface area contributed by atoms with Crippen LogP contribution in [0.1, 0.15) is 17.1 Å². The molecule has 1 heterocycles. The number of rotatable bonds is 6. The fourth-order valence-corrected chi connectivity index (χ4v) is 2.66. The summed E-state index contributed by atoms with van der Waals surface area (Å²) in [5, 5.41) is 0. The minimum absolute atomic E-state index is 0.0445. The number of furan rings is 1. The summed E-state index contributed by atoms with van der Waals surface area (Å²) in [6, 6.07) is 8.53. The van der Waals surface area contributed by atoms with E-state index in [0.717, 1.165) is 16.0 Å². The molecule has 1 aromatic carbocycles. The lowest BCUT2D eigenvalue weighted by atomic mass is 10.2. The minimum atomic E-state index is -0.271. The van der Waals surface area contributed by atoms with E-state index >= 15 is 0 Å². The normalized spacial score (nSPS) is 11.0. The first-order chi connectivity index (χ1) is 10.8. The predicted molar refractivity (Wildman–Crippen MR) is 90.4 cm³/mol. The Hall–Kier alpha value is -1.66. The summed E-state index contributed by atoms with van der Waals surface area (Å²) in [6.45, 7) is 2.87. The van der Waals surface area contributed by atoms with E-state index in [-0.39, 0.29) is 18.3 Å². The molecule has 1 aromatic heterocycles. The highest BCUT2D eigenvalue weighted by atomic mass is 79.9. The summed E-state index contributed by atoms with van der Waals surface area (Å²) in [4.78, 5) is 15.6. The molecule has 6 heteroatoms. The van der Waals surface area contributed by atoms with Gasteiger partial charge in [-0.05, 0) is 44.3 Å². The number of aryl methyl sites for hydroxylation is 1. The van der Waals surface area contributed by atoms with Crippen LogP contribution in [-0.2, 0) is 17.9 Å². The van der Waals surface area contributed by atoms with Gasteiger partial charge in [0.1, 0.15) is 17.3 Å². The monoisotopic (exact) mass is 382 g/mol. The Balaban J connectivity index is 1.89. The van der Waals surface area contributed by atoms with Crippen LogP contribution in [0.4, 0.5) is 4.39 Å². The fraction of sp³-hybridized carbons (Fsp3) is 0.353. The van der Waals surface area contributed by atoms with Crippen LogP contribution in [-0.4, -0.2) is 36.3 Å². The van der Waals surface area contributed by atoms with Gasteiger partial charge in [-0.15, -0.1) is 0 Å². The van der Waals surface area contributed by atoms with Crippen molar-refractivity contribution >= 4 is 21.8 Å². The van der Waals surface area contributed by atoms with Crippen molar-refractivity contribution in [3.8, 4) is 0 Å². The summed E-state index contributed by atoms with van der Waals surface area (Å²) < 4.78 is 20.1. The first kappa shape index (κ1) is 17.7. The van der Waals surface area contributed by atoms with Gasteiger partial charge in [-0.25, -0.2) is 4.39 Å². The van der Waals surface area contributed by atoms with Crippen molar-refractivity contribution in [1.82, 2.24) is 9.80 Å². The van der Waals surface area contributed by atoms with Gasteiger partial charge in [0.2, 0.25) is 5.91 Å². The van der Waals surface area contributed by atoms with Crippen molar-refractivity contribution in [2.45, 2.75) is 20.0 Å². The smallest absolute Gasteiger partial charge is 0.236 e. The Morgan fingerprint density at radius 3 is 2.61 bits per heavy atom. The zero-order valence-corrected chi connectivity index (χ0v) is 15.1. The second-order valence-corrected chi connectivity index (χ2v) is 6.59. The molecule has 0 spiro atoms. The summed E-state index contributed by atoms with van der Waals surface area (Å²) in [7, 11) is 3.52. The maximum Gasteiger partial charge on any atom is 0.236 e. The standard InChI is InChI=1S/C17H20BrFN2O2/c1-12-4-6-15(23-12)10-21(3)17(22)11-20(2)9-13-8-14(18)5-7-16(13)19/h4-8H,9-11H2,1-3H3. The second-order valence-electron chi connectivity index (χ2n) is 5.67. The van der Waals surface area contributed by atoms with E-state index in [1.165, 1.54) is 6.07 Å². The Bertz CT molecular complexity index is 687. The zero-order chi connectivity index (χ0) is 17.0. The molecule has 0 aliphatic heterocycles. The molecular formula is C17H20BrFN2O2.